The first-order valence-electron chi connectivity index (χ1n) is 5.45. The molecule has 2 aromatic rings. The summed E-state index contributed by atoms with van der Waals surface area (Å²) in [5, 5.41) is 0.320. The van der Waals surface area contributed by atoms with Crippen molar-refractivity contribution in [3.63, 3.8) is 0 Å². The van der Waals surface area contributed by atoms with Gasteiger partial charge in [0.1, 0.15) is 10.8 Å². The van der Waals surface area contributed by atoms with Gasteiger partial charge in [-0.3, -0.25) is 0 Å². The number of aromatic nitrogens is 1. The van der Waals surface area contributed by atoms with Crippen LogP contribution in [0.2, 0.25) is 5.02 Å². The quantitative estimate of drug-likeness (QED) is 0.846. The van der Waals surface area contributed by atoms with Crippen molar-refractivity contribution in [1.82, 2.24) is 4.98 Å². The highest BCUT2D eigenvalue weighted by atomic mass is 35.5. The Morgan fingerprint density at radius 1 is 1.10 bits per heavy atom. The maximum Gasteiger partial charge on any atom is 0.573 e. The summed E-state index contributed by atoms with van der Waals surface area (Å²) in [5.41, 5.74) is 1.32. The molecule has 106 valence electrons. The average Bonchev–Trinajstić information content (AvgIpc) is 2.37. The fourth-order valence-electron chi connectivity index (χ4n) is 1.58. The second kappa shape index (κ2) is 5.58. The molecule has 0 aliphatic rings. The summed E-state index contributed by atoms with van der Waals surface area (Å²) < 4.78 is 44.8. The molecule has 1 heterocycles. The molecule has 0 saturated carbocycles. The number of methoxy groups -OCH3 is 1. The largest absolute Gasteiger partial charge is 0.573 e. The minimum Gasteiger partial charge on any atom is -0.480 e. The number of hydrogen-bond donors (Lipinski definition) is 0. The van der Waals surface area contributed by atoms with E-state index in [1.807, 2.05) is 0 Å². The van der Waals surface area contributed by atoms with Crippen LogP contribution in [0.15, 0.2) is 36.5 Å². The first-order chi connectivity index (χ1) is 9.39. The van der Waals surface area contributed by atoms with Crippen molar-refractivity contribution in [2.45, 2.75) is 6.36 Å². The van der Waals surface area contributed by atoms with Crippen molar-refractivity contribution in [2.24, 2.45) is 0 Å². The van der Waals surface area contributed by atoms with Crippen LogP contribution in [0, 0.1) is 0 Å². The summed E-state index contributed by atoms with van der Waals surface area (Å²) in [6.45, 7) is 0. The topological polar surface area (TPSA) is 31.4 Å². The Morgan fingerprint density at radius 3 is 2.25 bits per heavy atom. The van der Waals surface area contributed by atoms with Gasteiger partial charge in [0, 0.05) is 11.8 Å². The van der Waals surface area contributed by atoms with Gasteiger partial charge < -0.3 is 9.47 Å². The first kappa shape index (κ1) is 14.5. The number of hydrogen-bond acceptors (Lipinski definition) is 3. The van der Waals surface area contributed by atoms with Crippen LogP contribution in [0.1, 0.15) is 0 Å². The number of benzene rings is 1. The smallest absolute Gasteiger partial charge is 0.480 e. The van der Waals surface area contributed by atoms with Gasteiger partial charge in [-0.25, -0.2) is 4.98 Å². The molecule has 7 heteroatoms. The molecule has 0 saturated heterocycles. The van der Waals surface area contributed by atoms with Gasteiger partial charge >= 0.3 is 6.36 Å². The Labute approximate surface area is 117 Å². The van der Waals surface area contributed by atoms with Crippen LogP contribution in [0.4, 0.5) is 13.2 Å². The molecule has 3 nitrogen and oxygen atoms in total. The predicted molar refractivity (Wildman–Crippen MR) is 67.9 cm³/mol. The summed E-state index contributed by atoms with van der Waals surface area (Å²) in [5.74, 6) is 0.00117. The van der Waals surface area contributed by atoms with Gasteiger partial charge in [-0.05, 0) is 23.8 Å². The SMILES string of the molecule is COc1ncc(-c2ccc(OC(F)(F)F)cc2)cc1Cl. The van der Waals surface area contributed by atoms with Crippen LogP contribution in [-0.2, 0) is 0 Å². The maximum atomic E-state index is 12.0. The molecule has 1 aromatic carbocycles. The summed E-state index contributed by atoms with van der Waals surface area (Å²) in [7, 11) is 1.44. The Morgan fingerprint density at radius 2 is 1.75 bits per heavy atom. The Bertz CT molecular complexity index is 600. The van der Waals surface area contributed by atoms with Crippen LogP contribution >= 0.6 is 11.6 Å². The standard InChI is InChI=1S/C13H9ClF3NO2/c1-19-12-11(14)6-9(7-18-12)8-2-4-10(5-3-8)20-13(15,16)17/h2-7H,1H3. The predicted octanol–water partition coefficient (Wildman–Crippen LogP) is 4.31. The van der Waals surface area contributed by atoms with E-state index in [1.54, 1.807) is 6.07 Å². The van der Waals surface area contributed by atoms with Gasteiger partial charge in [-0.15, -0.1) is 13.2 Å². The van der Waals surface area contributed by atoms with E-state index in [2.05, 4.69) is 9.72 Å². The second-order valence-corrected chi connectivity index (χ2v) is 4.19. The fourth-order valence-corrected chi connectivity index (χ4v) is 1.83. The van der Waals surface area contributed by atoms with Crippen molar-refractivity contribution in [3.8, 4) is 22.8 Å². The molecule has 2 rings (SSSR count). The zero-order valence-corrected chi connectivity index (χ0v) is 11.0. The lowest BCUT2D eigenvalue weighted by atomic mass is 10.1. The third-order valence-corrected chi connectivity index (χ3v) is 2.69. The van der Waals surface area contributed by atoms with E-state index in [1.165, 1.54) is 37.6 Å². The molecule has 0 bridgehead atoms. The molecule has 0 unspecified atom stereocenters. The van der Waals surface area contributed by atoms with E-state index in [0.29, 0.717) is 16.1 Å². The molecular formula is C13H9ClF3NO2. The second-order valence-electron chi connectivity index (χ2n) is 3.79. The molecule has 0 atom stereocenters. The van der Waals surface area contributed by atoms with E-state index in [0.717, 1.165) is 0 Å². The van der Waals surface area contributed by atoms with Gasteiger partial charge in [0.25, 0.3) is 0 Å². The fraction of sp³-hybridized carbons (Fsp3) is 0.154. The van der Waals surface area contributed by atoms with Gasteiger partial charge in [0.05, 0.1) is 7.11 Å². The lowest BCUT2D eigenvalue weighted by Crippen LogP contribution is -2.16. The normalized spacial score (nSPS) is 11.2. The van der Waals surface area contributed by atoms with Crippen molar-refractivity contribution in [3.05, 3.63) is 41.6 Å². The van der Waals surface area contributed by atoms with E-state index < -0.39 is 6.36 Å². The van der Waals surface area contributed by atoms with Gasteiger partial charge in [-0.2, -0.15) is 0 Å². The molecule has 0 amide bonds. The van der Waals surface area contributed by atoms with Crippen LogP contribution in [0.5, 0.6) is 11.6 Å². The van der Waals surface area contributed by atoms with Gasteiger partial charge in [-0.1, -0.05) is 23.7 Å². The molecule has 0 fully saturated rings. The van der Waals surface area contributed by atoms with E-state index in [-0.39, 0.29) is 11.6 Å². The first-order valence-corrected chi connectivity index (χ1v) is 5.82. The highest BCUT2D eigenvalue weighted by Crippen LogP contribution is 2.30. The molecular weight excluding hydrogens is 295 g/mol. The minimum absolute atomic E-state index is 0.284. The number of ether oxygens (including phenoxy) is 2. The van der Waals surface area contributed by atoms with Crippen molar-refractivity contribution in [2.75, 3.05) is 7.11 Å². The number of halogens is 4. The zero-order valence-electron chi connectivity index (χ0n) is 10.2. The van der Waals surface area contributed by atoms with Crippen molar-refractivity contribution >= 4 is 11.6 Å². The number of rotatable bonds is 3. The van der Waals surface area contributed by atoms with Crippen LogP contribution in [-0.4, -0.2) is 18.5 Å². The Kier molecular flexibility index (Phi) is 4.04. The third kappa shape index (κ3) is 3.54. The van der Waals surface area contributed by atoms with Crippen LogP contribution < -0.4 is 9.47 Å². The lowest BCUT2D eigenvalue weighted by Gasteiger charge is -2.09. The summed E-state index contributed by atoms with van der Waals surface area (Å²) in [6, 6.07) is 7.04. The summed E-state index contributed by atoms with van der Waals surface area (Å²) in [4.78, 5) is 3.99. The van der Waals surface area contributed by atoms with Gasteiger partial charge in [0.2, 0.25) is 5.88 Å². The molecule has 0 spiro atoms. The Hall–Kier alpha value is -1.95. The lowest BCUT2D eigenvalue weighted by molar-refractivity contribution is -0.274. The number of alkyl halides is 3. The average molecular weight is 304 g/mol. The highest BCUT2D eigenvalue weighted by molar-refractivity contribution is 6.32. The summed E-state index contributed by atoms with van der Waals surface area (Å²) in [6.07, 6.45) is -3.18. The molecule has 20 heavy (non-hydrogen) atoms. The highest BCUT2D eigenvalue weighted by Gasteiger charge is 2.30. The van der Waals surface area contributed by atoms with Crippen LogP contribution in [0.25, 0.3) is 11.1 Å². The molecule has 0 N–H and O–H groups in total. The zero-order chi connectivity index (χ0) is 14.8. The monoisotopic (exact) mass is 303 g/mol. The van der Waals surface area contributed by atoms with E-state index in [4.69, 9.17) is 16.3 Å². The number of nitrogens with zero attached hydrogens (tertiary/aromatic N) is 1. The maximum absolute atomic E-state index is 12.0. The summed E-state index contributed by atoms with van der Waals surface area (Å²) >= 11 is 5.94. The minimum atomic E-state index is -4.70. The van der Waals surface area contributed by atoms with Gasteiger partial charge in [0.15, 0.2) is 0 Å². The molecule has 0 aliphatic carbocycles. The third-order valence-electron chi connectivity index (χ3n) is 2.42. The molecule has 1 aromatic heterocycles. The van der Waals surface area contributed by atoms with E-state index >= 15 is 0 Å². The van der Waals surface area contributed by atoms with Crippen LogP contribution in [0.3, 0.4) is 0 Å². The van der Waals surface area contributed by atoms with Crippen molar-refractivity contribution < 1.29 is 22.6 Å². The molecule has 0 radical (unpaired) electrons. The Balaban J connectivity index is 2.24. The number of pyridine rings is 1. The van der Waals surface area contributed by atoms with E-state index in [9.17, 15) is 13.2 Å². The van der Waals surface area contributed by atoms with Crippen molar-refractivity contribution in [1.29, 1.82) is 0 Å². The molecule has 0 aliphatic heterocycles.